The maximum Gasteiger partial charge on any atom is 0.295 e. The molecule has 0 aromatic heterocycles. The van der Waals surface area contributed by atoms with Crippen molar-refractivity contribution in [2.24, 2.45) is 0 Å². The smallest absolute Gasteiger partial charge is 0.295 e. The third kappa shape index (κ3) is 4.65. The highest BCUT2D eigenvalue weighted by Gasteiger charge is 2.46. The van der Waals surface area contributed by atoms with E-state index in [9.17, 15) is 19.1 Å². The Balaban J connectivity index is 1.81. The molecule has 3 aromatic carbocycles. The third-order valence-corrected chi connectivity index (χ3v) is 6.18. The van der Waals surface area contributed by atoms with Crippen LogP contribution in [0, 0.1) is 5.82 Å². The molecule has 0 spiro atoms. The largest absolute Gasteiger partial charge is 0.507 e. The van der Waals surface area contributed by atoms with Gasteiger partial charge in [-0.1, -0.05) is 47.5 Å². The number of rotatable bonds is 6. The van der Waals surface area contributed by atoms with E-state index in [-0.39, 0.29) is 23.4 Å². The van der Waals surface area contributed by atoms with Crippen molar-refractivity contribution >= 4 is 40.7 Å². The summed E-state index contributed by atoms with van der Waals surface area (Å²) in [5.74, 6) is -2.19. The van der Waals surface area contributed by atoms with Gasteiger partial charge in [0, 0.05) is 16.6 Å². The predicted octanol–water partition coefficient (Wildman–Crippen LogP) is 5.81. The van der Waals surface area contributed by atoms with Gasteiger partial charge < -0.3 is 14.7 Å². The molecule has 5 nitrogen and oxygen atoms in total. The second kappa shape index (κ2) is 9.87. The lowest BCUT2D eigenvalue weighted by molar-refractivity contribution is -0.139. The minimum Gasteiger partial charge on any atom is -0.507 e. The van der Waals surface area contributed by atoms with Gasteiger partial charge in [-0.05, 0) is 60.0 Å². The summed E-state index contributed by atoms with van der Waals surface area (Å²) in [6.07, 6.45) is 0.447. The highest BCUT2D eigenvalue weighted by atomic mass is 35.5. The van der Waals surface area contributed by atoms with Gasteiger partial charge in [0.1, 0.15) is 17.3 Å². The molecule has 1 fully saturated rings. The normalized spacial score (nSPS) is 17.3. The Morgan fingerprint density at radius 3 is 2.29 bits per heavy atom. The van der Waals surface area contributed by atoms with Crippen LogP contribution >= 0.6 is 23.2 Å². The van der Waals surface area contributed by atoms with Gasteiger partial charge in [-0.3, -0.25) is 9.59 Å². The number of aliphatic hydroxyl groups is 1. The van der Waals surface area contributed by atoms with Crippen molar-refractivity contribution in [1.82, 2.24) is 4.90 Å². The maximum absolute atomic E-state index is 13.6. The van der Waals surface area contributed by atoms with Crippen molar-refractivity contribution in [3.05, 3.63) is 105 Å². The number of carbonyl (C=O) groups excluding carboxylic acids is 2. The fraction of sp³-hybridized carbons (Fsp3) is 0.154. The number of aliphatic hydroxyl groups excluding tert-OH is 1. The van der Waals surface area contributed by atoms with E-state index in [1.807, 2.05) is 12.1 Å². The molecule has 34 heavy (non-hydrogen) atoms. The van der Waals surface area contributed by atoms with Crippen LogP contribution in [0.4, 0.5) is 4.39 Å². The molecular formula is C26H20Cl2FNO4. The van der Waals surface area contributed by atoms with Crippen LogP contribution < -0.4 is 4.74 Å². The molecular weight excluding hydrogens is 480 g/mol. The van der Waals surface area contributed by atoms with Crippen molar-refractivity contribution in [1.29, 1.82) is 0 Å². The lowest BCUT2D eigenvalue weighted by Gasteiger charge is -2.25. The van der Waals surface area contributed by atoms with Crippen LogP contribution in [0.15, 0.2) is 72.3 Å². The Morgan fingerprint density at radius 1 is 1.00 bits per heavy atom. The summed E-state index contributed by atoms with van der Waals surface area (Å²) >= 11 is 12.1. The monoisotopic (exact) mass is 499 g/mol. The number of carbonyl (C=O) groups is 2. The Kier molecular flexibility index (Phi) is 6.91. The number of ketones is 1. The first-order valence-corrected chi connectivity index (χ1v) is 11.2. The quantitative estimate of drug-likeness (QED) is 0.264. The first kappa shape index (κ1) is 23.8. The summed E-state index contributed by atoms with van der Waals surface area (Å²) in [5, 5.41) is 12.1. The molecule has 1 amide bonds. The molecule has 1 heterocycles. The second-order valence-corrected chi connectivity index (χ2v) is 8.64. The minimum absolute atomic E-state index is 0.117. The molecule has 1 aliphatic rings. The van der Waals surface area contributed by atoms with Crippen LogP contribution in [-0.2, 0) is 16.0 Å². The maximum atomic E-state index is 13.6. The van der Waals surface area contributed by atoms with Gasteiger partial charge in [0.25, 0.3) is 11.7 Å². The average Bonchev–Trinajstić information content (AvgIpc) is 3.08. The average molecular weight is 500 g/mol. The van der Waals surface area contributed by atoms with Gasteiger partial charge in [-0.15, -0.1) is 0 Å². The number of hydrogen-bond acceptors (Lipinski definition) is 4. The molecule has 174 valence electrons. The van der Waals surface area contributed by atoms with Crippen LogP contribution in [0.1, 0.15) is 22.7 Å². The van der Waals surface area contributed by atoms with E-state index in [1.54, 1.807) is 24.3 Å². The number of hydrogen-bond donors (Lipinski definition) is 1. The van der Waals surface area contributed by atoms with Gasteiger partial charge in [0.05, 0.1) is 24.3 Å². The van der Waals surface area contributed by atoms with Crippen molar-refractivity contribution in [2.75, 3.05) is 13.7 Å². The van der Waals surface area contributed by atoms with Crippen LogP contribution in [0.25, 0.3) is 5.76 Å². The Labute approximate surface area is 206 Å². The first-order chi connectivity index (χ1) is 16.3. The summed E-state index contributed by atoms with van der Waals surface area (Å²) in [6, 6.07) is 16.3. The molecule has 1 unspecified atom stereocenters. The molecule has 1 aliphatic heterocycles. The molecule has 4 rings (SSSR count). The molecule has 1 atom stereocenters. The molecule has 0 aliphatic carbocycles. The van der Waals surface area contributed by atoms with E-state index in [0.29, 0.717) is 22.0 Å². The topological polar surface area (TPSA) is 66.8 Å². The van der Waals surface area contributed by atoms with Crippen LogP contribution in [-0.4, -0.2) is 35.4 Å². The van der Waals surface area contributed by atoms with E-state index in [2.05, 4.69) is 0 Å². The fourth-order valence-electron chi connectivity index (χ4n) is 4.01. The fourth-order valence-corrected chi connectivity index (χ4v) is 4.31. The zero-order chi connectivity index (χ0) is 24.4. The number of likely N-dealkylation sites (tertiary alicyclic amines) is 1. The molecule has 1 N–H and O–H groups in total. The van der Waals surface area contributed by atoms with Crippen molar-refractivity contribution in [3.63, 3.8) is 0 Å². The van der Waals surface area contributed by atoms with E-state index in [4.69, 9.17) is 27.9 Å². The van der Waals surface area contributed by atoms with Gasteiger partial charge >= 0.3 is 0 Å². The Bertz CT molecular complexity index is 1270. The second-order valence-electron chi connectivity index (χ2n) is 7.77. The number of ether oxygens (including phenoxy) is 1. The molecule has 0 saturated carbocycles. The summed E-state index contributed by atoms with van der Waals surface area (Å²) < 4.78 is 19.0. The molecule has 3 aromatic rings. The summed E-state index contributed by atoms with van der Waals surface area (Å²) in [5.41, 5.74) is 1.46. The number of benzene rings is 3. The number of nitrogens with zero attached hydrogens (tertiary/aromatic N) is 1. The lowest BCUT2D eigenvalue weighted by Crippen LogP contribution is -2.31. The number of methoxy groups -OCH3 is 1. The summed E-state index contributed by atoms with van der Waals surface area (Å²) in [4.78, 5) is 27.6. The molecule has 1 saturated heterocycles. The lowest BCUT2D eigenvalue weighted by atomic mass is 9.95. The number of Topliss-reactive ketones (excluding diaryl/α,β-unsaturated/α-hetero) is 1. The number of amides is 1. The highest BCUT2D eigenvalue weighted by molar-refractivity contribution is 6.46. The molecule has 0 radical (unpaired) electrons. The summed E-state index contributed by atoms with van der Waals surface area (Å²) in [7, 11) is 1.42. The third-order valence-electron chi connectivity index (χ3n) is 5.70. The SMILES string of the molecule is COc1ccc(Cl)cc1/C(O)=C1\C(=O)C(=O)N(CCc2ccc(Cl)cc2)C1c1ccc(F)cc1. The number of halogens is 3. The zero-order valence-corrected chi connectivity index (χ0v) is 19.6. The van der Waals surface area contributed by atoms with E-state index >= 15 is 0 Å². The van der Waals surface area contributed by atoms with Gasteiger partial charge in [-0.25, -0.2) is 4.39 Å². The predicted molar refractivity (Wildman–Crippen MR) is 129 cm³/mol. The van der Waals surface area contributed by atoms with Crippen LogP contribution in [0.2, 0.25) is 10.0 Å². The standard InChI is InChI=1S/C26H20Cl2FNO4/c1-34-21-11-8-18(28)14-20(21)24(31)22-23(16-4-9-19(29)10-5-16)30(26(33)25(22)32)13-12-15-2-6-17(27)7-3-15/h2-11,14,23,31H,12-13H2,1H3/b24-22+. The van der Waals surface area contributed by atoms with Crippen molar-refractivity contribution in [3.8, 4) is 5.75 Å². The van der Waals surface area contributed by atoms with Gasteiger partial charge in [-0.2, -0.15) is 0 Å². The Morgan fingerprint density at radius 2 is 1.65 bits per heavy atom. The first-order valence-electron chi connectivity index (χ1n) is 10.4. The Hall–Kier alpha value is -3.35. The summed E-state index contributed by atoms with van der Waals surface area (Å²) in [6.45, 7) is 0.192. The van der Waals surface area contributed by atoms with Gasteiger partial charge in [0.2, 0.25) is 0 Å². The molecule has 8 heteroatoms. The van der Waals surface area contributed by atoms with E-state index in [0.717, 1.165) is 5.56 Å². The van der Waals surface area contributed by atoms with Crippen LogP contribution in [0.5, 0.6) is 5.75 Å². The van der Waals surface area contributed by atoms with Crippen LogP contribution in [0.3, 0.4) is 0 Å². The van der Waals surface area contributed by atoms with E-state index < -0.39 is 29.3 Å². The minimum atomic E-state index is -0.920. The highest BCUT2D eigenvalue weighted by Crippen LogP contribution is 2.41. The van der Waals surface area contributed by atoms with Gasteiger partial charge in [0.15, 0.2) is 0 Å². The van der Waals surface area contributed by atoms with Crippen molar-refractivity contribution < 1.29 is 23.8 Å². The van der Waals surface area contributed by atoms with E-state index in [1.165, 1.54) is 42.3 Å². The van der Waals surface area contributed by atoms with Crippen molar-refractivity contribution in [2.45, 2.75) is 12.5 Å². The zero-order valence-electron chi connectivity index (χ0n) is 18.1. The molecule has 0 bridgehead atoms.